The van der Waals surface area contributed by atoms with Crippen molar-refractivity contribution in [3.05, 3.63) is 78.4 Å². The Hall–Kier alpha value is -3.02. The van der Waals surface area contributed by atoms with Gasteiger partial charge in [-0.15, -0.1) is 0 Å². The van der Waals surface area contributed by atoms with Crippen LogP contribution in [0.2, 0.25) is 0 Å². The van der Waals surface area contributed by atoms with E-state index in [1.54, 1.807) is 26.4 Å². The first kappa shape index (κ1) is 18.8. The van der Waals surface area contributed by atoms with Gasteiger partial charge in [0.1, 0.15) is 11.5 Å². The Labute approximate surface area is 159 Å². The van der Waals surface area contributed by atoms with Gasteiger partial charge in [0.15, 0.2) is 7.14 Å². The van der Waals surface area contributed by atoms with Gasteiger partial charge in [0, 0.05) is 16.2 Å². The third-order valence-corrected chi connectivity index (χ3v) is 7.62. The molecule has 0 aliphatic carbocycles. The van der Waals surface area contributed by atoms with Crippen molar-refractivity contribution in [3.8, 4) is 17.6 Å². The van der Waals surface area contributed by atoms with Gasteiger partial charge < -0.3 is 14.0 Å². The normalized spacial score (nSPS) is 10.9. The fourth-order valence-electron chi connectivity index (χ4n) is 3.23. The maximum absolute atomic E-state index is 14.7. The Balaban J connectivity index is 2.45. The molecule has 0 unspecified atom stereocenters. The molecule has 0 N–H and O–H groups in total. The summed E-state index contributed by atoms with van der Waals surface area (Å²) >= 11 is 0. The molecular weight excluding hydrogens is 357 g/mol. The number of ether oxygens (including phenoxy) is 2. The van der Waals surface area contributed by atoms with Gasteiger partial charge >= 0.3 is 0 Å². The lowest BCUT2D eigenvalue weighted by atomic mass is 10.1. The predicted molar refractivity (Wildman–Crippen MR) is 108 cm³/mol. The monoisotopic (exact) mass is 377 g/mol. The number of hydrogen-bond acceptors (Lipinski definition) is 4. The first-order chi connectivity index (χ1) is 13.2. The van der Waals surface area contributed by atoms with E-state index in [0.29, 0.717) is 33.0 Å². The summed E-state index contributed by atoms with van der Waals surface area (Å²) < 4.78 is 25.8. The Morgan fingerprint density at radius 3 is 1.74 bits per heavy atom. The van der Waals surface area contributed by atoms with Gasteiger partial charge in [0.25, 0.3) is 0 Å². The summed E-state index contributed by atoms with van der Waals surface area (Å²) in [5, 5.41) is 11.3. The fraction of sp³-hybridized carbons (Fsp3) is 0.136. The predicted octanol–water partition coefficient (Wildman–Crippen LogP) is 3.41. The minimum Gasteiger partial charge on any atom is -0.496 e. The van der Waals surface area contributed by atoms with E-state index >= 15 is 0 Å². The topological polar surface area (TPSA) is 59.3 Å². The summed E-state index contributed by atoms with van der Waals surface area (Å²) in [4.78, 5) is 0. The Morgan fingerprint density at radius 2 is 1.30 bits per heavy atom. The van der Waals surface area contributed by atoms with E-state index in [9.17, 15) is 9.83 Å². The van der Waals surface area contributed by atoms with E-state index in [2.05, 4.69) is 6.07 Å². The zero-order valence-corrected chi connectivity index (χ0v) is 16.1. The Morgan fingerprint density at radius 1 is 0.815 bits per heavy atom. The van der Waals surface area contributed by atoms with Gasteiger partial charge in [-0.1, -0.05) is 60.7 Å². The Kier molecular flexibility index (Phi) is 5.64. The van der Waals surface area contributed by atoms with E-state index in [1.807, 2.05) is 60.7 Å². The summed E-state index contributed by atoms with van der Waals surface area (Å²) in [6.07, 6.45) is 0.0688. The van der Waals surface area contributed by atoms with Crippen LogP contribution in [0, 0.1) is 11.3 Å². The molecule has 0 bridgehead atoms. The first-order valence-corrected chi connectivity index (χ1v) is 10.2. The second-order valence-electron chi connectivity index (χ2n) is 5.91. The Bertz CT molecular complexity index is 967. The van der Waals surface area contributed by atoms with Gasteiger partial charge in [-0.2, -0.15) is 5.26 Å². The largest absolute Gasteiger partial charge is 0.496 e. The second kappa shape index (κ2) is 8.12. The second-order valence-corrected chi connectivity index (χ2v) is 8.61. The maximum atomic E-state index is 14.7. The van der Waals surface area contributed by atoms with E-state index in [-0.39, 0.29) is 6.42 Å². The van der Waals surface area contributed by atoms with Crippen LogP contribution in [0.1, 0.15) is 5.56 Å². The van der Waals surface area contributed by atoms with Crippen molar-refractivity contribution in [2.24, 2.45) is 0 Å². The molecular formula is C22H20NO3P. The lowest BCUT2D eigenvalue weighted by Crippen LogP contribution is -2.29. The smallest absolute Gasteiger partial charge is 0.175 e. The van der Waals surface area contributed by atoms with E-state index in [4.69, 9.17) is 9.47 Å². The van der Waals surface area contributed by atoms with Gasteiger partial charge in [-0.05, 0) is 12.1 Å². The number of rotatable bonds is 6. The lowest BCUT2D eigenvalue weighted by Gasteiger charge is -2.25. The minimum absolute atomic E-state index is 0.0688. The highest BCUT2D eigenvalue weighted by atomic mass is 31.2. The van der Waals surface area contributed by atoms with Crippen molar-refractivity contribution in [2.45, 2.75) is 6.42 Å². The molecule has 0 fully saturated rings. The number of hydrogen-bond donors (Lipinski definition) is 0. The molecule has 0 heterocycles. The van der Waals surface area contributed by atoms with E-state index in [0.717, 1.165) is 0 Å². The summed E-state index contributed by atoms with van der Waals surface area (Å²) in [5.74, 6) is 1.01. The SMILES string of the molecule is COc1ccc(OC)c(P(=O)(c2ccccc2)c2ccccc2)c1CC#N. The highest BCUT2D eigenvalue weighted by molar-refractivity contribution is 7.85. The standard InChI is InChI=1S/C22H20NO3P/c1-25-20-13-14-21(26-2)22(19(20)15-16-23)27(24,17-9-5-3-6-10-17)18-11-7-4-8-12-18/h3-14H,15H2,1-2H3. The molecule has 0 aliphatic heterocycles. The average molecular weight is 377 g/mol. The van der Waals surface area contributed by atoms with Crippen molar-refractivity contribution in [3.63, 3.8) is 0 Å². The number of benzene rings is 3. The van der Waals surface area contributed by atoms with Crippen LogP contribution in [0.3, 0.4) is 0 Å². The van der Waals surface area contributed by atoms with Crippen LogP contribution in [0.25, 0.3) is 0 Å². The summed E-state index contributed by atoms with van der Waals surface area (Å²) in [5.41, 5.74) is 0.593. The molecule has 0 atom stereocenters. The van der Waals surface area contributed by atoms with Crippen LogP contribution in [0.4, 0.5) is 0 Å². The van der Waals surface area contributed by atoms with Crippen molar-refractivity contribution >= 4 is 23.1 Å². The number of nitriles is 1. The summed E-state index contributed by atoms with van der Waals surface area (Å²) in [7, 11) is -0.207. The van der Waals surface area contributed by atoms with Crippen LogP contribution in [-0.4, -0.2) is 14.2 Å². The molecule has 0 amide bonds. The molecule has 0 radical (unpaired) electrons. The zero-order chi connectivity index (χ0) is 19.3. The summed E-state index contributed by atoms with van der Waals surface area (Å²) in [6, 6.07) is 24.3. The third-order valence-electron chi connectivity index (χ3n) is 4.45. The van der Waals surface area contributed by atoms with Crippen LogP contribution in [0.15, 0.2) is 72.8 Å². The molecule has 0 aliphatic rings. The van der Waals surface area contributed by atoms with Gasteiger partial charge in [-0.25, -0.2) is 0 Å². The number of nitrogens with zero attached hydrogens (tertiary/aromatic N) is 1. The first-order valence-electron chi connectivity index (χ1n) is 8.49. The molecule has 0 saturated carbocycles. The van der Waals surface area contributed by atoms with E-state index in [1.165, 1.54) is 0 Å². The van der Waals surface area contributed by atoms with Crippen molar-refractivity contribution in [2.75, 3.05) is 14.2 Å². The average Bonchev–Trinajstić information content (AvgIpc) is 2.74. The van der Waals surface area contributed by atoms with E-state index < -0.39 is 7.14 Å². The molecule has 4 nitrogen and oxygen atoms in total. The molecule has 3 aromatic rings. The van der Waals surface area contributed by atoms with Crippen LogP contribution in [-0.2, 0) is 11.0 Å². The van der Waals surface area contributed by atoms with Crippen molar-refractivity contribution in [1.29, 1.82) is 5.26 Å². The van der Waals surface area contributed by atoms with Gasteiger partial charge in [0.05, 0.1) is 32.0 Å². The number of methoxy groups -OCH3 is 2. The van der Waals surface area contributed by atoms with Crippen LogP contribution < -0.4 is 25.4 Å². The zero-order valence-electron chi connectivity index (χ0n) is 15.3. The van der Waals surface area contributed by atoms with Crippen molar-refractivity contribution < 1.29 is 14.0 Å². The summed E-state index contributed by atoms with van der Waals surface area (Å²) in [6.45, 7) is 0. The van der Waals surface area contributed by atoms with Gasteiger partial charge in [-0.3, -0.25) is 0 Å². The molecule has 0 saturated heterocycles. The quantitative estimate of drug-likeness (QED) is 0.618. The highest BCUT2D eigenvalue weighted by Crippen LogP contribution is 2.47. The van der Waals surface area contributed by atoms with Gasteiger partial charge in [0.2, 0.25) is 0 Å². The molecule has 3 rings (SSSR count). The molecule has 5 heteroatoms. The fourth-order valence-corrected chi connectivity index (χ4v) is 6.27. The van der Waals surface area contributed by atoms with Crippen LogP contribution in [0.5, 0.6) is 11.5 Å². The van der Waals surface area contributed by atoms with Crippen LogP contribution >= 0.6 is 7.14 Å². The maximum Gasteiger partial charge on any atom is 0.175 e. The molecule has 0 spiro atoms. The highest BCUT2D eigenvalue weighted by Gasteiger charge is 2.36. The molecule has 3 aromatic carbocycles. The molecule has 0 aromatic heterocycles. The van der Waals surface area contributed by atoms with Crippen molar-refractivity contribution in [1.82, 2.24) is 0 Å². The minimum atomic E-state index is -3.29. The molecule has 136 valence electrons. The lowest BCUT2D eigenvalue weighted by molar-refractivity contribution is 0.402. The molecule has 27 heavy (non-hydrogen) atoms. The third kappa shape index (κ3) is 3.35.